The van der Waals surface area contributed by atoms with Crippen LogP contribution in [0.2, 0.25) is 0 Å². The molecular weight excluding hydrogens is 316 g/mol. The van der Waals surface area contributed by atoms with Crippen LogP contribution in [0.4, 0.5) is 0 Å². The van der Waals surface area contributed by atoms with Crippen molar-refractivity contribution in [3.05, 3.63) is 29.3 Å². The third-order valence-corrected chi connectivity index (χ3v) is 6.27. The molecule has 0 amide bonds. The van der Waals surface area contributed by atoms with Gasteiger partial charge in [-0.25, -0.2) is 13.2 Å². The Morgan fingerprint density at radius 3 is 2.70 bits per heavy atom. The van der Waals surface area contributed by atoms with E-state index in [4.69, 9.17) is 4.74 Å². The van der Waals surface area contributed by atoms with Gasteiger partial charge in [0, 0.05) is 19.1 Å². The fourth-order valence-corrected chi connectivity index (χ4v) is 5.02. The van der Waals surface area contributed by atoms with Crippen LogP contribution in [0.25, 0.3) is 0 Å². The van der Waals surface area contributed by atoms with Crippen molar-refractivity contribution in [2.24, 2.45) is 0 Å². The summed E-state index contributed by atoms with van der Waals surface area (Å²) in [7, 11) is 1.53. The number of nitrogens with zero attached hydrogens (tertiary/aromatic N) is 2. The number of ether oxygens (including phenoxy) is 1. The molecule has 6 nitrogen and oxygen atoms in total. The van der Waals surface area contributed by atoms with E-state index < -0.39 is 16.0 Å². The van der Waals surface area contributed by atoms with Gasteiger partial charge in [0.1, 0.15) is 0 Å². The predicted molar refractivity (Wildman–Crippen MR) is 88.0 cm³/mol. The lowest BCUT2D eigenvalue weighted by atomic mass is 10.1. The average Bonchev–Trinajstić information content (AvgIpc) is 2.94. The molecule has 1 saturated heterocycles. The second-order valence-corrected chi connectivity index (χ2v) is 7.95. The van der Waals surface area contributed by atoms with Gasteiger partial charge in [-0.05, 0) is 51.6 Å². The van der Waals surface area contributed by atoms with Crippen molar-refractivity contribution in [1.29, 1.82) is 0 Å². The molecular formula is C16H24N2O4S. The van der Waals surface area contributed by atoms with E-state index in [1.54, 1.807) is 29.4 Å². The number of hydrogen-bond acceptors (Lipinski definition) is 5. The van der Waals surface area contributed by atoms with Crippen molar-refractivity contribution >= 4 is 16.0 Å². The quantitative estimate of drug-likeness (QED) is 0.760. The van der Waals surface area contributed by atoms with Crippen LogP contribution >= 0.6 is 0 Å². The van der Waals surface area contributed by atoms with Gasteiger partial charge in [-0.3, -0.25) is 0 Å². The summed E-state index contributed by atoms with van der Waals surface area (Å²) in [5.41, 5.74) is 0.729. The number of hydrogen-bond donors (Lipinski definition) is 0. The normalized spacial score (nSPS) is 19.3. The molecule has 1 heterocycles. The molecule has 1 aromatic rings. The molecule has 23 heavy (non-hydrogen) atoms. The maximum atomic E-state index is 13.1. The van der Waals surface area contributed by atoms with E-state index in [9.17, 15) is 13.2 Å². The summed E-state index contributed by atoms with van der Waals surface area (Å²) in [4.78, 5) is 14.0. The number of methoxy groups -OCH3 is 1. The Hall–Kier alpha value is -1.44. The van der Waals surface area contributed by atoms with Crippen LogP contribution in [-0.2, 0) is 14.8 Å². The van der Waals surface area contributed by atoms with Crippen LogP contribution in [0.5, 0.6) is 0 Å². The van der Waals surface area contributed by atoms with Gasteiger partial charge in [-0.1, -0.05) is 6.07 Å². The lowest BCUT2D eigenvalue weighted by molar-refractivity contribution is 0.0599. The highest BCUT2D eigenvalue weighted by Gasteiger charge is 2.36. The standard InChI is InChI=1S/C16H24N2O4S/c1-12-14(16(19)22-4)8-5-9-15(12)23(20,21)18-10-6-7-13(18)11-17(2)3/h5,8-9,13H,6-7,10-11H2,1-4H3/t13-/m0/s1. The molecule has 0 aromatic heterocycles. The van der Waals surface area contributed by atoms with Gasteiger partial charge in [0.2, 0.25) is 10.0 Å². The summed E-state index contributed by atoms with van der Waals surface area (Å²) < 4.78 is 32.4. The maximum absolute atomic E-state index is 13.1. The summed E-state index contributed by atoms with van der Waals surface area (Å²) in [5, 5.41) is 0. The first kappa shape index (κ1) is 17.9. The van der Waals surface area contributed by atoms with Gasteiger partial charge in [-0.2, -0.15) is 4.31 Å². The number of sulfonamides is 1. The van der Waals surface area contributed by atoms with Crippen molar-refractivity contribution in [3.63, 3.8) is 0 Å². The number of esters is 1. The van der Waals surface area contributed by atoms with Crippen molar-refractivity contribution in [1.82, 2.24) is 9.21 Å². The monoisotopic (exact) mass is 340 g/mol. The maximum Gasteiger partial charge on any atom is 0.338 e. The number of rotatable bonds is 5. The molecule has 1 fully saturated rings. The largest absolute Gasteiger partial charge is 0.465 e. The third-order valence-electron chi connectivity index (χ3n) is 4.18. The molecule has 1 aliphatic heterocycles. The van der Waals surface area contributed by atoms with Gasteiger partial charge >= 0.3 is 5.97 Å². The zero-order valence-electron chi connectivity index (χ0n) is 14.1. The Morgan fingerprint density at radius 1 is 1.39 bits per heavy atom. The molecule has 2 rings (SSSR count). The summed E-state index contributed by atoms with van der Waals surface area (Å²) in [5.74, 6) is -0.522. The van der Waals surface area contributed by atoms with Crippen molar-refractivity contribution in [2.45, 2.75) is 30.7 Å². The minimum absolute atomic E-state index is 0.0313. The number of benzene rings is 1. The number of likely N-dealkylation sites (N-methyl/N-ethyl adjacent to an activating group) is 1. The van der Waals surface area contributed by atoms with Gasteiger partial charge in [0.15, 0.2) is 0 Å². The van der Waals surface area contributed by atoms with E-state index in [1.165, 1.54) is 7.11 Å². The fourth-order valence-electron chi connectivity index (χ4n) is 3.08. The van der Waals surface area contributed by atoms with Crippen LogP contribution in [0.15, 0.2) is 23.1 Å². The van der Waals surface area contributed by atoms with Crippen LogP contribution < -0.4 is 0 Å². The van der Waals surface area contributed by atoms with Crippen molar-refractivity contribution < 1.29 is 17.9 Å². The topological polar surface area (TPSA) is 66.9 Å². The smallest absolute Gasteiger partial charge is 0.338 e. The van der Waals surface area contributed by atoms with E-state index in [0.29, 0.717) is 18.7 Å². The zero-order chi connectivity index (χ0) is 17.2. The highest BCUT2D eigenvalue weighted by molar-refractivity contribution is 7.89. The Kier molecular flexibility index (Phi) is 5.44. The average molecular weight is 340 g/mol. The highest BCUT2D eigenvalue weighted by Crippen LogP contribution is 2.29. The fraction of sp³-hybridized carbons (Fsp3) is 0.562. The second-order valence-electron chi connectivity index (χ2n) is 6.09. The summed E-state index contributed by atoms with van der Waals surface area (Å²) in [6, 6.07) is 4.70. The minimum atomic E-state index is -3.63. The van der Waals surface area contributed by atoms with Gasteiger partial charge in [0.25, 0.3) is 0 Å². The SMILES string of the molecule is COC(=O)c1cccc(S(=O)(=O)N2CCC[C@H]2CN(C)C)c1C. The molecule has 0 spiro atoms. The van der Waals surface area contributed by atoms with E-state index in [-0.39, 0.29) is 16.5 Å². The lowest BCUT2D eigenvalue weighted by Gasteiger charge is -2.27. The van der Waals surface area contributed by atoms with Gasteiger partial charge in [0.05, 0.1) is 17.6 Å². The summed E-state index contributed by atoms with van der Waals surface area (Å²) in [6.07, 6.45) is 1.71. The number of carbonyl (C=O) groups is 1. The number of carbonyl (C=O) groups excluding carboxylic acids is 1. The Morgan fingerprint density at radius 2 is 2.09 bits per heavy atom. The molecule has 1 atom stereocenters. The first-order chi connectivity index (χ1) is 10.8. The summed E-state index contributed by atoms with van der Waals surface area (Å²) in [6.45, 7) is 2.86. The van der Waals surface area contributed by atoms with Crippen LogP contribution in [0.1, 0.15) is 28.8 Å². The third kappa shape index (κ3) is 3.57. The van der Waals surface area contributed by atoms with E-state index in [1.807, 2.05) is 19.0 Å². The van der Waals surface area contributed by atoms with Crippen LogP contribution in [0.3, 0.4) is 0 Å². The zero-order valence-corrected chi connectivity index (χ0v) is 14.9. The minimum Gasteiger partial charge on any atom is -0.465 e. The molecule has 0 aliphatic carbocycles. The van der Waals surface area contributed by atoms with Crippen LogP contribution in [-0.4, -0.2) is 63.9 Å². The Labute approximate surface area is 138 Å². The molecule has 1 aromatic carbocycles. The van der Waals surface area contributed by atoms with Crippen molar-refractivity contribution in [2.75, 3.05) is 34.3 Å². The van der Waals surface area contributed by atoms with Crippen LogP contribution in [0, 0.1) is 6.92 Å². The Bertz CT molecular complexity index is 685. The molecule has 128 valence electrons. The lowest BCUT2D eigenvalue weighted by Crippen LogP contribution is -2.41. The second kappa shape index (κ2) is 6.98. The molecule has 1 aliphatic rings. The van der Waals surface area contributed by atoms with Crippen molar-refractivity contribution in [3.8, 4) is 0 Å². The molecule has 0 radical (unpaired) electrons. The molecule has 0 bridgehead atoms. The van der Waals surface area contributed by atoms with Gasteiger partial charge in [-0.15, -0.1) is 0 Å². The highest BCUT2D eigenvalue weighted by atomic mass is 32.2. The van der Waals surface area contributed by atoms with E-state index >= 15 is 0 Å². The van der Waals surface area contributed by atoms with E-state index in [2.05, 4.69) is 0 Å². The predicted octanol–water partition coefficient (Wildman–Crippen LogP) is 1.50. The molecule has 0 saturated carbocycles. The Balaban J connectivity index is 2.42. The van der Waals surface area contributed by atoms with E-state index in [0.717, 1.165) is 12.8 Å². The summed E-state index contributed by atoms with van der Waals surface area (Å²) >= 11 is 0. The van der Waals surface area contributed by atoms with Gasteiger partial charge < -0.3 is 9.64 Å². The first-order valence-electron chi connectivity index (χ1n) is 7.63. The first-order valence-corrected chi connectivity index (χ1v) is 9.07. The molecule has 7 heteroatoms. The molecule has 0 unspecified atom stereocenters. The molecule has 0 N–H and O–H groups in total.